The molecule has 0 bridgehead atoms. The summed E-state index contributed by atoms with van der Waals surface area (Å²) in [5, 5.41) is 2.24. The van der Waals surface area contributed by atoms with Gasteiger partial charge in [0, 0.05) is 31.5 Å². The van der Waals surface area contributed by atoms with E-state index in [1.54, 1.807) is 23.3 Å². The Balaban J connectivity index is 2.00. The predicted octanol–water partition coefficient (Wildman–Crippen LogP) is 0.702. The number of nitrogens with one attached hydrogen (secondary N) is 1. The van der Waals surface area contributed by atoms with Crippen LogP contribution in [0.3, 0.4) is 0 Å². The van der Waals surface area contributed by atoms with Crippen LogP contribution in [-0.4, -0.2) is 46.8 Å². The first kappa shape index (κ1) is 15.6. The molecule has 0 unspecified atom stereocenters. The number of pyridine rings is 2. The summed E-state index contributed by atoms with van der Waals surface area (Å²) >= 11 is 0. The SMILES string of the molecule is CCn1cc(C(=O)NN2CCOCC2)c(=O)c2ccc(C)nc21. The molecule has 1 N–H and O–H groups in total. The van der Waals surface area contributed by atoms with Crippen LogP contribution in [0.5, 0.6) is 0 Å². The van der Waals surface area contributed by atoms with Crippen LogP contribution >= 0.6 is 0 Å². The van der Waals surface area contributed by atoms with Crippen LogP contribution in [0.25, 0.3) is 11.0 Å². The number of aryl methyl sites for hydroxylation is 2. The number of rotatable bonds is 3. The monoisotopic (exact) mass is 316 g/mol. The van der Waals surface area contributed by atoms with Crippen LogP contribution in [0.1, 0.15) is 23.0 Å². The second kappa shape index (κ2) is 6.47. The summed E-state index contributed by atoms with van der Waals surface area (Å²) in [6.07, 6.45) is 1.59. The zero-order chi connectivity index (χ0) is 16.4. The van der Waals surface area contributed by atoms with E-state index in [2.05, 4.69) is 10.4 Å². The first-order valence-electron chi connectivity index (χ1n) is 7.74. The van der Waals surface area contributed by atoms with E-state index in [4.69, 9.17) is 4.74 Å². The van der Waals surface area contributed by atoms with Gasteiger partial charge in [0.2, 0.25) is 5.43 Å². The fourth-order valence-corrected chi connectivity index (χ4v) is 2.64. The minimum Gasteiger partial charge on any atom is -0.379 e. The van der Waals surface area contributed by atoms with Crippen molar-refractivity contribution in [3.63, 3.8) is 0 Å². The maximum Gasteiger partial charge on any atom is 0.271 e. The molecule has 0 aliphatic carbocycles. The molecular weight excluding hydrogens is 296 g/mol. The normalized spacial score (nSPS) is 15.7. The van der Waals surface area contributed by atoms with Crippen LogP contribution in [-0.2, 0) is 11.3 Å². The number of fused-ring (bicyclic) bond motifs is 1. The van der Waals surface area contributed by atoms with Crippen LogP contribution in [0.15, 0.2) is 23.1 Å². The molecule has 0 aromatic carbocycles. The van der Waals surface area contributed by atoms with E-state index in [0.717, 1.165) is 5.69 Å². The highest BCUT2D eigenvalue weighted by atomic mass is 16.5. The third-order valence-electron chi connectivity index (χ3n) is 3.92. The Morgan fingerprint density at radius 3 is 2.78 bits per heavy atom. The average Bonchev–Trinajstić information content (AvgIpc) is 2.56. The standard InChI is InChI=1S/C16H20N4O3/c1-3-19-10-13(16(22)18-20-6-8-23-9-7-20)14(21)12-5-4-11(2)17-15(12)19/h4-5,10H,3,6-9H2,1-2H3,(H,18,22). The number of carbonyl (C=O) groups excluding carboxylic acids is 1. The summed E-state index contributed by atoms with van der Waals surface area (Å²) in [5.41, 5.74) is 4.08. The van der Waals surface area contributed by atoms with Crippen LogP contribution in [0.4, 0.5) is 0 Å². The highest BCUT2D eigenvalue weighted by molar-refractivity contribution is 5.96. The van der Waals surface area contributed by atoms with Gasteiger partial charge in [-0.3, -0.25) is 15.0 Å². The Morgan fingerprint density at radius 1 is 1.35 bits per heavy atom. The molecule has 3 rings (SSSR count). The van der Waals surface area contributed by atoms with Gasteiger partial charge in [-0.25, -0.2) is 9.99 Å². The van der Waals surface area contributed by atoms with Gasteiger partial charge in [-0.05, 0) is 26.0 Å². The average molecular weight is 316 g/mol. The lowest BCUT2D eigenvalue weighted by Crippen LogP contribution is -2.49. The molecule has 1 aliphatic heterocycles. The lowest BCUT2D eigenvalue weighted by atomic mass is 10.1. The molecule has 2 aromatic rings. The van der Waals surface area contributed by atoms with Crippen molar-refractivity contribution >= 4 is 16.9 Å². The number of hydrogen-bond acceptors (Lipinski definition) is 5. The Kier molecular flexibility index (Phi) is 4.40. The number of ether oxygens (including phenoxy) is 1. The van der Waals surface area contributed by atoms with Gasteiger partial charge < -0.3 is 9.30 Å². The summed E-state index contributed by atoms with van der Waals surface area (Å²) < 4.78 is 7.08. The molecule has 122 valence electrons. The fourth-order valence-electron chi connectivity index (χ4n) is 2.64. The minimum absolute atomic E-state index is 0.136. The van der Waals surface area contributed by atoms with E-state index in [9.17, 15) is 9.59 Å². The summed E-state index contributed by atoms with van der Waals surface area (Å²) in [7, 11) is 0. The molecule has 23 heavy (non-hydrogen) atoms. The third kappa shape index (κ3) is 3.11. The number of nitrogens with zero attached hydrogens (tertiary/aromatic N) is 3. The van der Waals surface area contributed by atoms with Crippen LogP contribution in [0.2, 0.25) is 0 Å². The number of amides is 1. The molecule has 1 aliphatic rings. The Morgan fingerprint density at radius 2 is 2.09 bits per heavy atom. The summed E-state index contributed by atoms with van der Waals surface area (Å²) in [6.45, 7) is 6.83. The Hall–Kier alpha value is -2.25. The summed E-state index contributed by atoms with van der Waals surface area (Å²) in [6, 6.07) is 3.52. The van der Waals surface area contributed by atoms with Gasteiger partial charge in [-0.1, -0.05) is 0 Å². The van der Waals surface area contributed by atoms with Crippen molar-refractivity contribution in [3.8, 4) is 0 Å². The quantitative estimate of drug-likeness (QED) is 0.902. The van der Waals surface area contributed by atoms with Gasteiger partial charge in [0.05, 0.1) is 18.6 Å². The molecule has 0 saturated carbocycles. The smallest absolute Gasteiger partial charge is 0.271 e. The number of carbonyl (C=O) groups is 1. The highest BCUT2D eigenvalue weighted by Crippen LogP contribution is 2.11. The van der Waals surface area contributed by atoms with Crippen molar-refractivity contribution in [1.82, 2.24) is 20.0 Å². The second-order valence-corrected chi connectivity index (χ2v) is 5.52. The summed E-state index contributed by atoms with van der Waals surface area (Å²) in [5.74, 6) is -0.387. The molecule has 7 heteroatoms. The molecule has 2 aromatic heterocycles. The molecule has 0 radical (unpaired) electrons. The summed E-state index contributed by atoms with van der Waals surface area (Å²) in [4.78, 5) is 29.5. The lowest BCUT2D eigenvalue weighted by Gasteiger charge is -2.26. The molecule has 1 saturated heterocycles. The van der Waals surface area contributed by atoms with Crippen LogP contribution in [0, 0.1) is 6.92 Å². The molecule has 1 amide bonds. The second-order valence-electron chi connectivity index (χ2n) is 5.52. The predicted molar refractivity (Wildman–Crippen MR) is 86.3 cm³/mol. The molecular formula is C16H20N4O3. The topological polar surface area (TPSA) is 76.5 Å². The third-order valence-corrected chi connectivity index (χ3v) is 3.92. The molecule has 0 atom stereocenters. The van der Waals surface area contributed by atoms with E-state index in [1.165, 1.54) is 0 Å². The van der Waals surface area contributed by atoms with E-state index in [-0.39, 0.29) is 16.9 Å². The van der Waals surface area contributed by atoms with Crippen LogP contribution < -0.4 is 10.9 Å². The van der Waals surface area contributed by atoms with Gasteiger partial charge in [-0.15, -0.1) is 0 Å². The zero-order valence-corrected chi connectivity index (χ0v) is 13.3. The number of hydrogen-bond donors (Lipinski definition) is 1. The van der Waals surface area contributed by atoms with Crippen molar-refractivity contribution in [1.29, 1.82) is 0 Å². The van der Waals surface area contributed by atoms with Gasteiger partial charge in [0.25, 0.3) is 5.91 Å². The van der Waals surface area contributed by atoms with Crippen molar-refractivity contribution < 1.29 is 9.53 Å². The van der Waals surface area contributed by atoms with E-state index < -0.39 is 0 Å². The zero-order valence-electron chi connectivity index (χ0n) is 13.3. The van der Waals surface area contributed by atoms with Gasteiger partial charge >= 0.3 is 0 Å². The minimum atomic E-state index is -0.387. The number of morpholine rings is 1. The Bertz CT molecular complexity index is 794. The maximum absolute atomic E-state index is 12.6. The first-order chi connectivity index (χ1) is 11.1. The first-order valence-corrected chi connectivity index (χ1v) is 7.74. The van der Waals surface area contributed by atoms with Crippen molar-refractivity contribution in [3.05, 3.63) is 39.8 Å². The molecule has 1 fully saturated rings. The largest absolute Gasteiger partial charge is 0.379 e. The molecule has 7 nitrogen and oxygen atoms in total. The lowest BCUT2D eigenvalue weighted by molar-refractivity contribution is 0.0126. The van der Waals surface area contributed by atoms with Crippen molar-refractivity contribution in [2.75, 3.05) is 26.3 Å². The van der Waals surface area contributed by atoms with Gasteiger partial charge in [0.1, 0.15) is 11.2 Å². The van der Waals surface area contributed by atoms with E-state index >= 15 is 0 Å². The molecule has 0 spiro atoms. The van der Waals surface area contributed by atoms with E-state index in [0.29, 0.717) is 43.9 Å². The highest BCUT2D eigenvalue weighted by Gasteiger charge is 2.19. The maximum atomic E-state index is 12.6. The van der Waals surface area contributed by atoms with Gasteiger partial charge in [0.15, 0.2) is 0 Å². The van der Waals surface area contributed by atoms with E-state index in [1.807, 2.05) is 18.4 Å². The fraction of sp³-hybridized carbons (Fsp3) is 0.438. The Labute approximate surface area is 133 Å². The van der Waals surface area contributed by atoms with Gasteiger partial charge in [-0.2, -0.15) is 0 Å². The van der Waals surface area contributed by atoms with Crippen molar-refractivity contribution in [2.24, 2.45) is 0 Å². The number of aromatic nitrogens is 2. The molecule has 3 heterocycles. The van der Waals surface area contributed by atoms with Crippen molar-refractivity contribution in [2.45, 2.75) is 20.4 Å². The number of hydrazine groups is 1.